The lowest BCUT2D eigenvalue weighted by atomic mass is 10.0. The van der Waals surface area contributed by atoms with Crippen LogP contribution in [-0.4, -0.2) is 42.0 Å². The Bertz CT molecular complexity index is 552. The largest absolute Gasteiger partial charge is 0.497 e. The van der Waals surface area contributed by atoms with Crippen LogP contribution >= 0.6 is 0 Å². The van der Waals surface area contributed by atoms with Crippen molar-refractivity contribution in [3.05, 3.63) is 42.0 Å². The van der Waals surface area contributed by atoms with Crippen molar-refractivity contribution in [3.63, 3.8) is 0 Å². The van der Waals surface area contributed by atoms with Gasteiger partial charge in [0.05, 0.1) is 19.4 Å². The molecule has 0 saturated carbocycles. The van der Waals surface area contributed by atoms with Crippen molar-refractivity contribution in [1.29, 1.82) is 0 Å². The predicted molar refractivity (Wildman–Crippen MR) is 90.5 cm³/mol. The van der Waals surface area contributed by atoms with E-state index < -0.39 is 0 Å². The number of allylic oxidation sites excluding steroid dienone is 1. The first-order valence-corrected chi connectivity index (χ1v) is 8.00. The molecule has 0 aromatic heterocycles. The Balaban J connectivity index is 2.09. The van der Waals surface area contributed by atoms with Gasteiger partial charge >= 0.3 is 0 Å². The highest BCUT2D eigenvalue weighted by Crippen LogP contribution is 2.19. The summed E-state index contributed by atoms with van der Waals surface area (Å²) in [6.45, 7) is 0.0202. The SMILES string of the molecule is COc1ccc(/C=N/N(C(=O)CCCO)C2CC=CCC2)cc1. The number of amides is 1. The summed E-state index contributed by atoms with van der Waals surface area (Å²) in [5.41, 5.74) is 0.914. The van der Waals surface area contributed by atoms with E-state index in [-0.39, 0.29) is 18.6 Å². The number of ether oxygens (including phenoxy) is 1. The lowest BCUT2D eigenvalue weighted by Crippen LogP contribution is -2.37. The molecule has 0 fully saturated rings. The van der Waals surface area contributed by atoms with Gasteiger partial charge in [-0.25, -0.2) is 5.01 Å². The van der Waals surface area contributed by atoms with E-state index in [9.17, 15) is 4.79 Å². The minimum absolute atomic E-state index is 0.0202. The molecule has 1 aliphatic rings. The molecule has 5 heteroatoms. The fraction of sp³-hybridized carbons (Fsp3) is 0.444. The molecule has 1 atom stereocenters. The molecule has 23 heavy (non-hydrogen) atoms. The highest BCUT2D eigenvalue weighted by atomic mass is 16.5. The van der Waals surface area contributed by atoms with E-state index in [0.29, 0.717) is 12.8 Å². The van der Waals surface area contributed by atoms with Gasteiger partial charge in [-0.15, -0.1) is 0 Å². The standard InChI is InChI=1S/C18H24N2O3/c1-23-17-11-9-15(10-12-17)14-19-20(18(22)8-5-13-21)16-6-3-2-4-7-16/h2-3,9-12,14,16,21H,4-8,13H2,1H3/b19-14+. The van der Waals surface area contributed by atoms with E-state index in [4.69, 9.17) is 9.84 Å². The van der Waals surface area contributed by atoms with Crippen LogP contribution in [0.5, 0.6) is 5.75 Å². The third-order valence-corrected chi connectivity index (χ3v) is 3.84. The number of hydrazone groups is 1. The highest BCUT2D eigenvalue weighted by molar-refractivity contribution is 5.82. The van der Waals surface area contributed by atoms with E-state index in [2.05, 4.69) is 17.3 Å². The van der Waals surface area contributed by atoms with Crippen molar-refractivity contribution >= 4 is 12.1 Å². The van der Waals surface area contributed by atoms with Gasteiger partial charge in [0.15, 0.2) is 0 Å². The predicted octanol–water partition coefficient (Wildman–Crippen LogP) is 2.74. The molecule has 2 rings (SSSR count). The highest BCUT2D eigenvalue weighted by Gasteiger charge is 2.22. The second-order valence-corrected chi connectivity index (χ2v) is 5.52. The summed E-state index contributed by atoms with van der Waals surface area (Å²) in [6, 6.07) is 7.63. The molecule has 0 aliphatic heterocycles. The zero-order chi connectivity index (χ0) is 16.5. The molecule has 0 bridgehead atoms. The summed E-state index contributed by atoms with van der Waals surface area (Å²) < 4.78 is 5.13. The molecular weight excluding hydrogens is 292 g/mol. The topological polar surface area (TPSA) is 62.1 Å². The summed E-state index contributed by atoms with van der Waals surface area (Å²) in [4.78, 5) is 12.4. The number of carbonyl (C=O) groups excluding carboxylic acids is 1. The van der Waals surface area contributed by atoms with Crippen LogP contribution in [0.15, 0.2) is 41.5 Å². The molecule has 1 amide bonds. The van der Waals surface area contributed by atoms with Gasteiger partial charge in [0.1, 0.15) is 5.75 Å². The zero-order valence-electron chi connectivity index (χ0n) is 13.5. The molecule has 0 heterocycles. The zero-order valence-corrected chi connectivity index (χ0v) is 13.5. The number of nitrogens with zero attached hydrogens (tertiary/aromatic N) is 2. The van der Waals surface area contributed by atoms with Crippen LogP contribution in [0.3, 0.4) is 0 Å². The van der Waals surface area contributed by atoms with Crippen LogP contribution in [0.4, 0.5) is 0 Å². The first-order valence-electron chi connectivity index (χ1n) is 8.00. The Kier molecular flexibility index (Phi) is 6.81. The van der Waals surface area contributed by atoms with E-state index in [1.165, 1.54) is 0 Å². The van der Waals surface area contributed by atoms with Crippen molar-refractivity contribution in [2.45, 2.75) is 38.1 Å². The summed E-state index contributed by atoms with van der Waals surface area (Å²) in [5.74, 6) is 0.750. The van der Waals surface area contributed by atoms with Gasteiger partial charge in [0.25, 0.3) is 0 Å². The number of methoxy groups -OCH3 is 1. The molecule has 5 nitrogen and oxygen atoms in total. The summed E-state index contributed by atoms with van der Waals surface area (Å²) in [6.07, 6.45) is 9.43. The average molecular weight is 316 g/mol. The Morgan fingerprint density at radius 3 is 2.78 bits per heavy atom. The number of aliphatic hydroxyl groups excluding tert-OH is 1. The first kappa shape index (κ1) is 17.2. The van der Waals surface area contributed by atoms with Crippen molar-refractivity contribution in [1.82, 2.24) is 5.01 Å². The molecule has 124 valence electrons. The van der Waals surface area contributed by atoms with Gasteiger partial charge in [-0.2, -0.15) is 5.10 Å². The quantitative estimate of drug-likeness (QED) is 0.478. The average Bonchev–Trinajstić information content (AvgIpc) is 2.61. The minimum atomic E-state index is -0.0379. The molecular formula is C18H24N2O3. The second kappa shape index (κ2) is 9.10. The monoisotopic (exact) mass is 316 g/mol. The van der Waals surface area contributed by atoms with Crippen LogP contribution in [-0.2, 0) is 4.79 Å². The molecule has 0 saturated heterocycles. The van der Waals surface area contributed by atoms with Crippen molar-refractivity contribution in [2.75, 3.05) is 13.7 Å². The normalized spacial score (nSPS) is 17.4. The fourth-order valence-electron chi connectivity index (χ4n) is 2.53. The summed E-state index contributed by atoms with van der Waals surface area (Å²) >= 11 is 0. The third-order valence-electron chi connectivity index (χ3n) is 3.84. The second-order valence-electron chi connectivity index (χ2n) is 5.52. The van der Waals surface area contributed by atoms with Gasteiger partial charge in [0.2, 0.25) is 5.91 Å². The third kappa shape index (κ3) is 5.21. The van der Waals surface area contributed by atoms with Crippen molar-refractivity contribution in [3.8, 4) is 5.75 Å². The summed E-state index contributed by atoms with van der Waals surface area (Å²) in [7, 11) is 1.63. The molecule has 0 radical (unpaired) electrons. The van der Waals surface area contributed by atoms with Gasteiger partial charge in [-0.3, -0.25) is 4.79 Å². The maximum atomic E-state index is 12.4. The fourth-order valence-corrected chi connectivity index (χ4v) is 2.53. The number of hydrogen-bond donors (Lipinski definition) is 1. The van der Waals surface area contributed by atoms with Gasteiger partial charge in [0, 0.05) is 13.0 Å². The molecule has 1 N–H and O–H groups in total. The number of hydrogen-bond acceptors (Lipinski definition) is 4. The number of aliphatic hydroxyl groups is 1. The van der Waals surface area contributed by atoms with Crippen LogP contribution in [0, 0.1) is 0 Å². The van der Waals surface area contributed by atoms with Crippen LogP contribution in [0.2, 0.25) is 0 Å². The van der Waals surface area contributed by atoms with Gasteiger partial charge in [-0.1, -0.05) is 12.2 Å². The van der Waals surface area contributed by atoms with E-state index in [1.807, 2.05) is 24.3 Å². The van der Waals surface area contributed by atoms with Crippen molar-refractivity contribution in [2.24, 2.45) is 5.10 Å². The Hall–Kier alpha value is -2.14. The molecule has 1 aliphatic carbocycles. The van der Waals surface area contributed by atoms with Crippen LogP contribution < -0.4 is 4.74 Å². The van der Waals surface area contributed by atoms with Gasteiger partial charge in [-0.05, 0) is 55.5 Å². The molecule has 0 spiro atoms. The molecule has 1 aromatic carbocycles. The van der Waals surface area contributed by atoms with E-state index >= 15 is 0 Å². The number of carbonyl (C=O) groups is 1. The number of benzene rings is 1. The lowest BCUT2D eigenvalue weighted by Gasteiger charge is -2.28. The first-order chi connectivity index (χ1) is 11.2. The van der Waals surface area contributed by atoms with Crippen LogP contribution in [0.1, 0.15) is 37.7 Å². The maximum absolute atomic E-state index is 12.4. The lowest BCUT2D eigenvalue weighted by molar-refractivity contribution is -0.134. The van der Waals surface area contributed by atoms with E-state index in [0.717, 1.165) is 30.6 Å². The minimum Gasteiger partial charge on any atom is -0.497 e. The smallest absolute Gasteiger partial charge is 0.243 e. The molecule has 1 aromatic rings. The number of rotatable bonds is 7. The van der Waals surface area contributed by atoms with Crippen LogP contribution in [0.25, 0.3) is 0 Å². The Morgan fingerprint density at radius 2 is 2.17 bits per heavy atom. The molecule has 1 unspecified atom stereocenters. The van der Waals surface area contributed by atoms with Crippen molar-refractivity contribution < 1.29 is 14.6 Å². The van der Waals surface area contributed by atoms with Gasteiger partial charge < -0.3 is 9.84 Å². The Labute approximate surface area is 137 Å². The summed E-state index contributed by atoms with van der Waals surface area (Å²) in [5, 5.41) is 14.9. The Morgan fingerprint density at radius 1 is 1.39 bits per heavy atom. The maximum Gasteiger partial charge on any atom is 0.243 e. The van der Waals surface area contributed by atoms with E-state index in [1.54, 1.807) is 18.3 Å².